The van der Waals surface area contributed by atoms with Gasteiger partial charge in [-0.05, 0) is 0 Å². The van der Waals surface area contributed by atoms with Crippen LogP contribution in [0.15, 0.2) is 0 Å². The summed E-state index contributed by atoms with van der Waals surface area (Å²) >= 11 is 0. The van der Waals surface area contributed by atoms with Crippen molar-refractivity contribution in [3.8, 4) is 0 Å². The zero-order chi connectivity index (χ0) is 4.57. The van der Waals surface area contributed by atoms with Crippen LogP contribution in [-0.4, -0.2) is 12.3 Å². The van der Waals surface area contributed by atoms with Gasteiger partial charge in [0.1, 0.15) is 5.78 Å². The first-order valence-corrected chi connectivity index (χ1v) is 2.07. The Bertz CT molecular complexity index is 79.6. The molecule has 1 rings (SSSR count). The number of Topliss-reactive ketones (excluding diaryl/α,β-unsaturated/α-hetero) is 1. The third-order valence-electron chi connectivity index (χ3n) is 1.03. The van der Waals surface area contributed by atoms with Crippen molar-refractivity contribution >= 4 is 5.78 Å². The molecule has 2 nitrogen and oxygen atoms in total. The minimum absolute atomic E-state index is 0.241. The molecule has 0 spiro atoms. The van der Waals surface area contributed by atoms with Gasteiger partial charge in [-0.3, -0.25) is 4.79 Å². The fraction of sp³-hybridized carbons (Fsp3) is 0.750. The summed E-state index contributed by atoms with van der Waals surface area (Å²) in [4.78, 5) is 10.0. The Labute approximate surface area is 36.3 Å². The fourth-order valence-electron chi connectivity index (χ4n) is 0.399. The molecule has 0 aliphatic heterocycles. The lowest BCUT2D eigenvalue weighted by atomic mass is 10.4. The van der Waals surface area contributed by atoms with Gasteiger partial charge >= 0.3 is 0 Å². The van der Waals surface area contributed by atoms with E-state index in [2.05, 4.69) is 0 Å². The second-order valence-corrected chi connectivity index (χ2v) is 1.60. The topological polar surface area (TPSA) is 43.1 Å². The van der Waals surface area contributed by atoms with Gasteiger partial charge in [0.15, 0.2) is 0 Å². The normalized spacial score (nSPS) is 30.8. The molecule has 2 N–H and O–H groups in total. The van der Waals surface area contributed by atoms with Gasteiger partial charge < -0.3 is 5.73 Å². The van der Waals surface area contributed by atoms with Crippen LogP contribution in [-0.2, 0) is 4.79 Å². The average molecular weight is 85.1 g/mol. The van der Waals surface area contributed by atoms with Crippen LogP contribution >= 0.6 is 0 Å². The summed E-state index contributed by atoms with van der Waals surface area (Å²) in [5.74, 6) is 0.572. The number of rotatable bonds is 1. The molecular formula is C4H7NO. The quantitative estimate of drug-likeness (QED) is 0.468. The lowest BCUT2D eigenvalue weighted by Crippen LogP contribution is -2.01. The molecule has 1 unspecified atom stereocenters. The van der Waals surface area contributed by atoms with Crippen molar-refractivity contribution in [3.05, 3.63) is 0 Å². The molecule has 1 aliphatic carbocycles. The largest absolute Gasteiger partial charge is 0.330 e. The maximum Gasteiger partial charge on any atom is 0.138 e. The van der Waals surface area contributed by atoms with E-state index in [1.54, 1.807) is 0 Å². The zero-order valence-electron chi connectivity index (χ0n) is 3.48. The molecule has 0 amide bonds. The Hall–Kier alpha value is -0.370. The van der Waals surface area contributed by atoms with Crippen molar-refractivity contribution in [2.45, 2.75) is 6.42 Å². The summed E-state index contributed by atoms with van der Waals surface area (Å²) in [5.41, 5.74) is 5.10. The van der Waals surface area contributed by atoms with E-state index in [4.69, 9.17) is 5.73 Å². The summed E-state index contributed by atoms with van der Waals surface area (Å²) in [5, 5.41) is 0. The van der Waals surface area contributed by atoms with Crippen LogP contribution in [0.5, 0.6) is 0 Å². The third kappa shape index (κ3) is 0.431. The number of hydrogen-bond donors (Lipinski definition) is 1. The smallest absolute Gasteiger partial charge is 0.138 e. The lowest BCUT2D eigenvalue weighted by Gasteiger charge is -1.72. The first-order valence-electron chi connectivity index (χ1n) is 2.07. The molecule has 0 aromatic heterocycles. The van der Waals surface area contributed by atoms with E-state index in [1.165, 1.54) is 0 Å². The Morgan fingerprint density at radius 2 is 2.50 bits per heavy atom. The van der Waals surface area contributed by atoms with Gasteiger partial charge in [-0.2, -0.15) is 0 Å². The highest BCUT2D eigenvalue weighted by molar-refractivity contribution is 5.96. The van der Waals surface area contributed by atoms with Gasteiger partial charge in [-0.15, -0.1) is 0 Å². The highest BCUT2D eigenvalue weighted by atomic mass is 16.1. The van der Waals surface area contributed by atoms with Crippen molar-refractivity contribution in [1.82, 2.24) is 0 Å². The SMILES string of the molecule is NCC1CC1=O. The van der Waals surface area contributed by atoms with E-state index in [1.807, 2.05) is 0 Å². The molecule has 34 valence electrons. The van der Waals surface area contributed by atoms with Gasteiger partial charge in [0, 0.05) is 18.9 Å². The van der Waals surface area contributed by atoms with E-state index >= 15 is 0 Å². The van der Waals surface area contributed by atoms with Gasteiger partial charge in [-0.1, -0.05) is 0 Å². The lowest BCUT2D eigenvalue weighted by molar-refractivity contribution is -0.111. The third-order valence-corrected chi connectivity index (χ3v) is 1.03. The number of ketones is 1. The van der Waals surface area contributed by atoms with Crippen LogP contribution < -0.4 is 5.73 Å². The Morgan fingerprint density at radius 1 is 2.00 bits per heavy atom. The van der Waals surface area contributed by atoms with Crippen LogP contribution in [0, 0.1) is 5.92 Å². The molecule has 0 saturated heterocycles. The molecule has 1 fully saturated rings. The van der Waals surface area contributed by atoms with E-state index in [9.17, 15) is 4.79 Å². The van der Waals surface area contributed by atoms with Gasteiger partial charge in [0.2, 0.25) is 0 Å². The molecule has 0 aromatic carbocycles. The standard InChI is InChI=1S/C4H7NO/c5-2-3-1-4(3)6/h3H,1-2,5H2. The monoisotopic (exact) mass is 85.1 g/mol. The summed E-state index contributed by atoms with van der Waals surface area (Å²) < 4.78 is 0. The number of carbonyl (C=O) groups is 1. The molecular weight excluding hydrogens is 78.0 g/mol. The van der Waals surface area contributed by atoms with Crippen molar-refractivity contribution in [1.29, 1.82) is 0 Å². The maximum absolute atomic E-state index is 10.0. The Balaban J connectivity index is 2.26. The number of nitrogens with two attached hydrogens (primary N) is 1. The molecule has 1 atom stereocenters. The van der Waals surface area contributed by atoms with Crippen LogP contribution in [0.3, 0.4) is 0 Å². The van der Waals surface area contributed by atoms with E-state index in [0.29, 0.717) is 12.3 Å². The number of carbonyl (C=O) groups excluding carboxylic acids is 1. The molecule has 0 bridgehead atoms. The summed E-state index contributed by atoms with van der Waals surface area (Å²) in [6.07, 6.45) is 0.733. The van der Waals surface area contributed by atoms with Crippen LogP contribution in [0.4, 0.5) is 0 Å². The Morgan fingerprint density at radius 3 is 2.50 bits per heavy atom. The van der Waals surface area contributed by atoms with Gasteiger partial charge in [-0.25, -0.2) is 0 Å². The second kappa shape index (κ2) is 1.05. The minimum Gasteiger partial charge on any atom is -0.330 e. The first-order chi connectivity index (χ1) is 2.84. The van der Waals surface area contributed by atoms with Crippen molar-refractivity contribution in [2.24, 2.45) is 11.7 Å². The van der Waals surface area contributed by atoms with Crippen LogP contribution in [0.1, 0.15) is 6.42 Å². The predicted molar refractivity (Wildman–Crippen MR) is 22.2 cm³/mol. The summed E-state index contributed by atoms with van der Waals surface area (Å²) in [6, 6.07) is 0. The maximum atomic E-state index is 10.0. The molecule has 1 saturated carbocycles. The highest BCUT2D eigenvalue weighted by Gasteiger charge is 2.32. The average Bonchev–Trinajstić information content (AvgIpc) is 2.19. The minimum atomic E-state index is 0.241. The van der Waals surface area contributed by atoms with Crippen molar-refractivity contribution in [2.75, 3.05) is 6.54 Å². The first kappa shape index (κ1) is 3.81. The van der Waals surface area contributed by atoms with E-state index in [-0.39, 0.29) is 5.92 Å². The molecule has 6 heavy (non-hydrogen) atoms. The molecule has 0 aromatic rings. The number of hydrogen-bond acceptors (Lipinski definition) is 2. The van der Waals surface area contributed by atoms with Gasteiger partial charge in [0.05, 0.1) is 0 Å². The predicted octanol–water partition coefficient (Wildman–Crippen LogP) is -0.466. The van der Waals surface area contributed by atoms with Gasteiger partial charge in [0.25, 0.3) is 0 Å². The zero-order valence-corrected chi connectivity index (χ0v) is 3.48. The highest BCUT2D eigenvalue weighted by Crippen LogP contribution is 2.20. The van der Waals surface area contributed by atoms with Crippen molar-refractivity contribution in [3.63, 3.8) is 0 Å². The summed E-state index contributed by atoms with van der Waals surface area (Å²) in [6.45, 7) is 0.554. The Kier molecular flexibility index (Phi) is 0.665. The van der Waals surface area contributed by atoms with E-state index < -0.39 is 0 Å². The van der Waals surface area contributed by atoms with Crippen LogP contribution in [0.25, 0.3) is 0 Å². The fourth-order valence-corrected chi connectivity index (χ4v) is 0.399. The van der Waals surface area contributed by atoms with Crippen molar-refractivity contribution < 1.29 is 4.79 Å². The van der Waals surface area contributed by atoms with Crippen LogP contribution in [0.2, 0.25) is 0 Å². The van der Waals surface area contributed by atoms with E-state index in [0.717, 1.165) is 6.42 Å². The molecule has 2 heteroatoms. The molecule has 0 radical (unpaired) electrons. The summed E-state index contributed by atoms with van der Waals surface area (Å²) in [7, 11) is 0. The molecule has 1 aliphatic rings. The second-order valence-electron chi connectivity index (χ2n) is 1.60. The molecule has 0 heterocycles.